The van der Waals surface area contributed by atoms with E-state index in [4.69, 9.17) is 0 Å². The standard InChI is InChI=1S/C15H31N3/c1-13(2)11-18-9-6-14(7-10-18)16-15-5-4-8-17(3)12-15/h13-16H,4-12H2,1-3H3. The van der Waals surface area contributed by atoms with E-state index in [0.717, 1.165) is 18.0 Å². The van der Waals surface area contributed by atoms with Crippen LogP contribution in [0.1, 0.15) is 39.5 Å². The van der Waals surface area contributed by atoms with Gasteiger partial charge in [-0.15, -0.1) is 0 Å². The summed E-state index contributed by atoms with van der Waals surface area (Å²) in [6.07, 6.45) is 5.41. The van der Waals surface area contributed by atoms with Crippen molar-refractivity contribution >= 4 is 0 Å². The van der Waals surface area contributed by atoms with E-state index in [1.54, 1.807) is 0 Å². The fraction of sp³-hybridized carbons (Fsp3) is 1.00. The average Bonchev–Trinajstić information content (AvgIpc) is 2.31. The second-order valence-corrected chi connectivity index (χ2v) is 6.74. The minimum Gasteiger partial charge on any atom is -0.310 e. The van der Waals surface area contributed by atoms with Crippen molar-refractivity contribution in [2.45, 2.75) is 51.6 Å². The highest BCUT2D eigenvalue weighted by Crippen LogP contribution is 2.15. The third-order valence-corrected chi connectivity index (χ3v) is 4.31. The molecule has 2 rings (SSSR count). The first-order valence-corrected chi connectivity index (χ1v) is 7.80. The Bertz CT molecular complexity index is 234. The molecule has 0 amide bonds. The first-order chi connectivity index (χ1) is 8.63. The molecule has 2 fully saturated rings. The van der Waals surface area contributed by atoms with Crippen molar-refractivity contribution in [3.05, 3.63) is 0 Å². The number of hydrogen-bond acceptors (Lipinski definition) is 3. The number of hydrogen-bond donors (Lipinski definition) is 1. The molecule has 1 atom stereocenters. The molecule has 1 unspecified atom stereocenters. The van der Waals surface area contributed by atoms with Crippen LogP contribution < -0.4 is 5.32 Å². The first kappa shape index (κ1) is 14.3. The Kier molecular flexibility index (Phi) is 5.46. The number of likely N-dealkylation sites (N-methyl/N-ethyl adjacent to an activating group) is 1. The van der Waals surface area contributed by atoms with Gasteiger partial charge < -0.3 is 15.1 Å². The van der Waals surface area contributed by atoms with Gasteiger partial charge in [0.1, 0.15) is 0 Å². The van der Waals surface area contributed by atoms with E-state index in [1.807, 2.05) is 0 Å². The summed E-state index contributed by atoms with van der Waals surface area (Å²) in [5.41, 5.74) is 0. The Balaban J connectivity index is 1.66. The van der Waals surface area contributed by atoms with Gasteiger partial charge >= 0.3 is 0 Å². The van der Waals surface area contributed by atoms with Crippen LogP contribution in [0.5, 0.6) is 0 Å². The van der Waals surface area contributed by atoms with Crippen LogP contribution in [0.4, 0.5) is 0 Å². The van der Waals surface area contributed by atoms with E-state index in [2.05, 4.69) is 36.0 Å². The molecular formula is C15H31N3. The molecule has 0 saturated carbocycles. The molecule has 106 valence electrons. The van der Waals surface area contributed by atoms with Crippen LogP contribution in [-0.4, -0.2) is 61.7 Å². The zero-order valence-electron chi connectivity index (χ0n) is 12.5. The van der Waals surface area contributed by atoms with Crippen LogP contribution in [0.25, 0.3) is 0 Å². The smallest absolute Gasteiger partial charge is 0.0197 e. The zero-order valence-corrected chi connectivity index (χ0v) is 12.5. The van der Waals surface area contributed by atoms with E-state index in [9.17, 15) is 0 Å². The summed E-state index contributed by atoms with van der Waals surface area (Å²) < 4.78 is 0. The highest BCUT2D eigenvalue weighted by atomic mass is 15.2. The van der Waals surface area contributed by atoms with Crippen molar-refractivity contribution in [1.29, 1.82) is 0 Å². The largest absolute Gasteiger partial charge is 0.310 e. The maximum absolute atomic E-state index is 3.89. The maximum atomic E-state index is 3.89. The van der Waals surface area contributed by atoms with Crippen molar-refractivity contribution < 1.29 is 0 Å². The van der Waals surface area contributed by atoms with Crippen LogP contribution in [0.3, 0.4) is 0 Å². The van der Waals surface area contributed by atoms with Gasteiger partial charge in [-0.25, -0.2) is 0 Å². The van der Waals surface area contributed by atoms with Crippen molar-refractivity contribution in [1.82, 2.24) is 15.1 Å². The van der Waals surface area contributed by atoms with Crippen LogP contribution in [0, 0.1) is 5.92 Å². The van der Waals surface area contributed by atoms with Gasteiger partial charge in [0.2, 0.25) is 0 Å². The lowest BCUT2D eigenvalue weighted by Crippen LogP contribution is -2.51. The van der Waals surface area contributed by atoms with E-state index < -0.39 is 0 Å². The van der Waals surface area contributed by atoms with Crippen molar-refractivity contribution in [3.8, 4) is 0 Å². The molecule has 0 aromatic rings. The predicted molar refractivity (Wildman–Crippen MR) is 78.0 cm³/mol. The maximum Gasteiger partial charge on any atom is 0.0197 e. The molecule has 0 radical (unpaired) electrons. The van der Waals surface area contributed by atoms with E-state index >= 15 is 0 Å². The number of likely N-dealkylation sites (tertiary alicyclic amines) is 2. The zero-order chi connectivity index (χ0) is 13.0. The summed E-state index contributed by atoms with van der Waals surface area (Å²) in [4.78, 5) is 5.10. The van der Waals surface area contributed by atoms with E-state index in [-0.39, 0.29) is 0 Å². The third kappa shape index (κ3) is 4.52. The predicted octanol–water partition coefficient (Wildman–Crippen LogP) is 1.79. The lowest BCUT2D eigenvalue weighted by molar-refractivity contribution is 0.156. The molecule has 0 aliphatic carbocycles. The molecule has 2 saturated heterocycles. The number of rotatable bonds is 4. The van der Waals surface area contributed by atoms with Gasteiger partial charge in [0.05, 0.1) is 0 Å². The van der Waals surface area contributed by atoms with Gasteiger partial charge in [0.15, 0.2) is 0 Å². The van der Waals surface area contributed by atoms with Crippen molar-refractivity contribution in [3.63, 3.8) is 0 Å². The molecule has 1 N–H and O–H groups in total. The fourth-order valence-corrected chi connectivity index (χ4v) is 3.43. The van der Waals surface area contributed by atoms with E-state index in [0.29, 0.717) is 0 Å². The molecule has 18 heavy (non-hydrogen) atoms. The summed E-state index contributed by atoms with van der Waals surface area (Å²) in [7, 11) is 2.25. The first-order valence-electron chi connectivity index (χ1n) is 7.80. The molecule has 2 heterocycles. The molecule has 3 nitrogen and oxygen atoms in total. The second-order valence-electron chi connectivity index (χ2n) is 6.74. The quantitative estimate of drug-likeness (QED) is 0.824. The summed E-state index contributed by atoms with van der Waals surface area (Å²) in [5, 5.41) is 3.89. The van der Waals surface area contributed by atoms with Crippen LogP contribution in [0.15, 0.2) is 0 Å². The molecule has 2 aliphatic heterocycles. The molecular weight excluding hydrogens is 222 g/mol. The minimum atomic E-state index is 0.741. The molecule has 0 spiro atoms. The average molecular weight is 253 g/mol. The minimum absolute atomic E-state index is 0.741. The van der Waals surface area contributed by atoms with E-state index in [1.165, 1.54) is 58.4 Å². The molecule has 0 aromatic carbocycles. The molecule has 3 heteroatoms. The number of piperidine rings is 2. The van der Waals surface area contributed by atoms with Gasteiger partial charge in [-0.1, -0.05) is 13.8 Å². The lowest BCUT2D eigenvalue weighted by atomic mass is 10.00. The number of nitrogens with one attached hydrogen (secondary N) is 1. The topological polar surface area (TPSA) is 18.5 Å². The molecule has 0 aromatic heterocycles. The van der Waals surface area contributed by atoms with Gasteiger partial charge in [-0.2, -0.15) is 0 Å². The summed E-state index contributed by atoms with van der Waals surface area (Å²) >= 11 is 0. The Labute approximate surface area is 113 Å². The third-order valence-electron chi connectivity index (χ3n) is 4.31. The normalized spacial score (nSPS) is 29.0. The van der Waals surface area contributed by atoms with Crippen molar-refractivity contribution in [2.24, 2.45) is 5.92 Å². The van der Waals surface area contributed by atoms with Gasteiger partial charge in [0.25, 0.3) is 0 Å². The second kappa shape index (κ2) is 6.88. The Morgan fingerprint density at radius 1 is 1.06 bits per heavy atom. The Hall–Kier alpha value is -0.120. The summed E-state index contributed by atoms with van der Waals surface area (Å²) in [6.45, 7) is 11.0. The van der Waals surface area contributed by atoms with Crippen LogP contribution in [-0.2, 0) is 0 Å². The van der Waals surface area contributed by atoms with Crippen molar-refractivity contribution in [2.75, 3.05) is 39.8 Å². The Morgan fingerprint density at radius 2 is 1.78 bits per heavy atom. The van der Waals surface area contributed by atoms with Gasteiger partial charge in [0, 0.05) is 25.2 Å². The van der Waals surface area contributed by atoms with Crippen LogP contribution >= 0.6 is 0 Å². The van der Waals surface area contributed by atoms with Gasteiger partial charge in [-0.05, 0) is 58.3 Å². The summed E-state index contributed by atoms with van der Waals surface area (Å²) in [5.74, 6) is 0.807. The SMILES string of the molecule is CC(C)CN1CCC(NC2CCCN(C)C2)CC1. The van der Waals surface area contributed by atoms with Gasteiger partial charge in [-0.3, -0.25) is 0 Å². The highest BCUT2D eigenvalue weighted by molar-refractivity contribution is 4.84. The fourth-order valence-electron chi connectivity index (χ4n) is 3.43. The van der Waals surface area contributed by atoms with Crippen LogP contribution in [0.2, 0.25) is 0 Å². The monoisotopic (exact) mass is 253 g/mol. The lowest BCUT2D eigenvalue weighted by Gasteiger charge is -2.37. The summed E-state index contributed by atoms with van der Waals surface area (Å²) in [6, 6.07) is 1.51. The Morgan fingerprint density at radius 3 is 2.39 bits per heavy atom. The molecule has 0 bridgehead atoms. The molecule has 2 aliphatic rings. The number of nitrogens with zero attached hydrogens (tertiary/aromatic N) is 2. The highest BCUT2D eigenvalue weighted by Gasteiger charge is 2.24.